The molecule has 0 spiro atoms. The molecule has 0 bridgehead atoms. The second kappa shape index (κ2) is 21.3. The largest absolute Gasteiger partial charge is 0.480 e. The zero-order valence-corrected chi connectivity index (χ0v) is 35.4. The fraction of sp³-hybridized carbons (Fsp3) is 0.444. The van der Waals surface area contributed by atoms with E-state index in [4.69, 9.17) is 19.9 Å². The van der Waals surface area contributed by atoms with Crippen molar-refractivity contribution < 1.29 is 52.9 Å². The fourth-order valence-electron chi connectivity index (χ4n) is 6.64. The van der Waals surface area contributed by atoms with Crippen LogP contribution in [0.4, 0.5) is 4.79 Å². The maximum Gasteiger partial charge on any atom is 0.407 e. The van der Waals surface area contributed by atoms with Crippen molar-refractivity contribution in [2.45, 2.75) is 115 Å². The van der Waals surface area contributed by atoms with E-state index in [1.165, 1.54) is 0 Å². The van der Waals surface area contributed by atoms with Crippen LogP contribution in [0.1, 0.15) is 89.8 Å². The van der Waals surface area contributed by atoms with Gasteiger partial charge in [0.25, 0.3) is 0 Å². The number of nitrogens with two attached hydrogens (primary N) is 1. The number of hydrogen-bond acceptors (Lipinski definition) is 10. The van der Waals surface area contributed by atoms with Gasteiger partial charge in [-0.25, -0.2) is 9.59 Å². The minimum absolute atomic E-state index is 0.0220. The lowest BCUT2D eigenvalue weighted by Gasteiger charge is -2.28. The van der Waals surface area contributed by atoms with Crippen LogP contribution in [-0.2, 0) is 49.4 Å². The Labute approximate surface area is 355 Å². The summed E-state index contributed by atoms with van der Waals surface area (Å²) in [5, 5.41) is 20.0. The minimum atomic E-state index is -1.56. The van der Waals surface area contributed by atoms with E-state index in [1.54, 1.807) is 71.9 Å². The van der Waals surface area contributed by atoms with Crippen molar-refractivity contribution in [3.63, 3.8) is 0 Å². The summed E-state index contributed by atoms with van der Waals surface area (Å²) >= 11 is 0. The predicted octanol–water partition coefficient (Wildman–Crippen LogP) is 3.88. The molecule has 4 atom stereocenters. The highest BCUT2D eigenvalue weighted by Crippen LogP contribution is 2.44. The molecule has 7 N–H and O–H groups in total. The average Bonchev–Trinajstić information content (AvgIpc) is 3.50. The van der Waals surface area contributed by atoms with E-state index in [2.05, 4.69) is 21.3 Å². The Bertz CT molecular complexity index is 2000. The summed E-state index contributed by atoms with van der Waals surface area (Å²) in [5.41, 5.74) is 8.53. The van der Waals surface area contributed by atoms with Crippen LogP contribution in [0.3, 0.4) is 0 Å². The van der Waals surface area contributed by atoms with E-state index in [9.17, 15) is 38.7 Å². The lowest BCUT2D eigenvalue weighted by Crippen LogP contribution is -2.59. The molecule has 0 fully saturated rings. The number of amides is 5. The first kappa shape index (κ1) is 47.4. The van der Waals surface area contributed by atoms with Gasteiger partial charge in [0.2, 0.25) is 23.6 Å². The van der Waals surface area contributed by atoms with Gasteiger partial charge in [-0.15, -0.1) is 0 Å². The van der Waals surface area contributed by atoms with Gasteiger partial charge in [0.1, 0.15) is 36.4 Å². The van der Waals surface area contributed by atoms with Gasteiger partial charge in [-0.2, -0.15) is 0 Å². The van der Waals surface area contributed by atoms with Crippen LogP contribution in [0, 0.1) is 0 Å². The summed E-state index contributed by atoms with van der Waals surface area (Å²) in [4.78, 5) is 91.3. The fourth-order valence-corrected chi connectivity index (χ4v) is 6.64. The third-order valence-electron chi connectivity index (χ3n) is 9.54. The van der Waals surface area contributed by atoms with Gasteiger partial charge >= 0.3 is 18.0 Å². The van der Waals surface area contributed by atoms with E-state index < -0.39 is 77.0 Å². The number of hydrogen-bond donors (Lipinski definition) is 6. The molecule has 0 heterocycles. The molecule has 0 unspecified atom stereocenters. The number of aliphatic carboxylic acids is 1. The number of nitrogens with one attached hydrogen (secondary N) is 4. The molecule has 3 aromatic rings. The molecule has 0 saturated carbocycles. The first-order chi connectivity index (χ1) is 28.7. The Morgan fingerprint density at radius 2 is 1.15 bits per heavy atom. The highest BCUT2D eigenvalue weighted by atomic mass is 16.6. The third kappa shape index (κ3) is 15.0. The molecular formula is C45H57N5O11. The predicted molar refractivity (Wildman–Crippen MR) is 225 cm³/mol. The summed E-state index contributed by atoms with van der Waals surface area (Å²) in [6, 6.07) is 18.6. The molecule has 1 aliphatic carbocycles. The smallest absolute Gasteiger partial charge is 0.407 e. The normalized spacial score (nSPS) is 14.2. The van der Waals surface area contributed by atoms with E-state index in [1.807, 2.05) is 48.5 Å². The zero-order valence-electron chi connectivity index (χ0n) is 35.4. The summed E-state index contributed by atoms with van der Waals surface area (Å²) in [6.07, 6.45) is -2.31. The third-order valence-corrected chi connectivity index (χ3v) is 9.54. The van der Waals surface area contributed by atoms with Crippen molar-refractivity contribution in [1.82, 2.24) is 21.3 Å². The molecule has 0 radical (unpaired) electrons. The minimum Gasteiger partial charge on any atom is -0.480 e. The number of fused-ring (bicyclic) bond motifs is 3. The lowest BCUT2D eigenvalue weighted by molar-refractivity contribution is -0.155. The van der Waals surface area contributed by atoms with Crippen molar-refractivity contribution in [1.29, 1.82) is 0 Å². The zero-order chi connectivity index (χ0) is 44.9. The molecule has 0 aliphatic heterocycles. The second-order valence-electron chi connectivity index (χ2n) is 16.8. The Morgan fingerprint density at radius 3 is 1.70 bits per heavy atom. The van der Waals surface area contributed by atoms with E-state index in [0.29, 0.717) is 5.56 Å². The van der Waals surface area contributed by atoms with Gasteiger partial charge in [-0.3, -0.25) is 24.0 Å². The van der Waals surface area contributed by atoms with Crippen molar-refractivity contribution >= 4 is 41.7 Å². The molecule has 328 valence electrons. The number of primary amides is 1. The van der Waals surface area contributed by atoms with Crippen LogP contribution in [0.25, 0.3) is 11.1 Å². The molecule has 4 rings (SSSR count). The maximum absolute atomic E-state index is 14.1. The van der Waals surface area contributed by atoms with Crippen molar-refractivity contribution in [2.24, 2.45) is 5.73 Å². The lowest BCUT2D eigenvalue weighted by atomic mass is 9.98. The molecule has 16 nitrogen and oxygen atoms in total. The standard InChI is InChI=1S/C45H57N5O11/c1-44(2,3)60-26-36(50-43(58)59-25-32-30-18-12-10-16-28(30)29-17-11-13-19-31(29)32)41(55)49-35(24-27-14-8-7-9-15-27)40(54)47-33(20-22-37(46)51)39(53)48-34(42(56)57)21-23-38(52)61-45(4,5)6/h7-19,32-36H,20-26H2,1-6H3,(H2,46,51)(H,47,54)(H,48,53)(H,49,55)(H,50,58)(H,56,57)/t33-,34+,35+,36-/m0/s1. The number of carbonyl (C=O) groups is 7. The first-order valence-electron chi connectivity index (χ1n) is 20.1. The highest BCUT2D eigenvalue weighted by molar-refractivity contribution is 5.95. The number of carboxylic acid groups (broad SMARTS) is 1. The van der Waals surface area contributed by atoms with Gasteiger partial charge in [0, 0.05) is 25.2 Å². The molecule has 1 aliphatic rings. The van der Waals surface area contributed by atoms with Gasteiger partial charge in [0.05, 0.1) is 12.2 Å². The Morgan fingerprint density at radius 1 is 0.639 bits per heavy atom. The topological polar surface area (TPSA) is 242 Å². The van der Waals surface area contributed by atoms with E-state index >= 15 is 0 Å². The highest BCUT2D eigenvalue weighted by Gasteiger charge is 2.34. The van der Waals surface area contributed by atoms with Crippen molar-refractivity contribution in [3.05, 3.63) is 95.6 Å². The Kier molecular flexibility index (Phi) is 16.5. The number of alkyl carbamates (subject to hydrolysis) is 1. The molecule has 16 heteroatoms. The van der Waals surface area contributed by atoms with Crippen LogP contribution in [0.2, 0.25) is 0 Å². The van der Waals surface area contributed by atoms with Crippen LogP contribution >= 0.6 is 0 Å². The monoisotopic (exact) mass is 843 g/mol. The maximum atomic E-state index is 14.1. The Hall–Kier alpha value is -6.29. The second-order valence-corrected chi connectivity index (χ2v) is 16.8. The van der Waals surface area contributed by atoms with Crippen LogP contribution in [0.5, 0.6) is 0 Å². The first-order valence-corrected chi connectivity index (χ1v) is 20.1. The summed E-state index contributed by atoms with van der Waals surface area (Å²) in [5.74, 6) is -5.79. The van der Waals surface area contributed by atoms with Gasteiger partial charge in [-0.05, 0) is 82.2 Å². The summed E-state index contributed by atoms with van der Waals surface area (Å²) in [7, 11) is 0. The molecule has 61 heavy (non-hydrogen) atoms. The van der Waals surface area contributed by atoms with Crippen LogP contribution in [-0.4, -0.2) is 95.4 Å². The van der Waals surface area contributed by atoms with Crippen LogP contribution in [0.15, 0.2) is 78.9 Å². The van der Waals surface area contributed by atoms with Crippen LogP contribution < -0.4 is 27.0 Å². The number of rotatable bonds is 20. The Balaban J connectivity index is 1.52. The van der Waals surface area contributed by atoms with Crippen molar-refractivity contribution in [2.75, 3.05) is 13.2 Å². The average molecular weight is 844 g/mol. The number of ether oxygens (including phenoxy) is 3. The molecule has 5 amide bonds. The molecule has 3 aromatic carbocycles. The molecule has 0 saturated heterocycles. The molecular weight excluding hydrogens is 787 g/mol. The van der Waals surface area contributed by atoms with Gasteiger partial charge in [-0.1, -0.05) is 78.9 Å². The number of carbonyl (C=O) groups excluding carboxylic acids is 6. The summed E-state index contributed by atoms with van der Waals surface area (Å²) < 4.78 is 16.9. The SMILES string of the molecule is CC(C)(C)OC[C@H](NC(=O)OCC1c2ccccc2-c2ccccc21)C(=O)N[C@H](Cc1ccccc1)C(=O)N[C@@H](CCC(N)=O)C(=O)N[C@H](CCC(=O)OC(C)(C)C)C(=O)O. The molecule has 0 aromatic heterocycles. The van der Waals surface area contributed by atoms with E-state index in [-0.39, 0.29) is 51.2 Å². The summed E-state index contributed by atoms with van der Waals surface area (Å²) in [6.45, 7) is 9.94. The van der Waals surface area contributed by atoms with E-state index in [0.717, 1.165) is 22.3 Å². The van der Waals surface area contributed by atoms with Gasteiger partial charge in [0.15, 0.2) is 0 Å². The quantitative estimate of drug-likeness (QED) is 0.0892. The van der Waals surface area contributed by atoms with Crippen molar-refractivity contribution in [3.8, 4) is 11.1 Å². The number of esters is 1. The number of benzene rings is 3. The number of carboxylic acids is 1. The van der Waals surface area contributed by atoms with Gasteiger partial charge < -0.3 is 46.3 Å².